The molecule has 3 atom stereocenters. The monoisotopic (exact) mass is 500 g/mol. The van der Waals surface area contributed by atoms with Crippen molar-refractivity contribution in [1.29, 1.82) is 0 Å². The Bertz CT molecular complexity index is 944. The van der Waals surface area contributed by atoms with Gasteiger partial charge >= 0.3 is 6.09 Å². The van der Waals surface area contributed by atoms with Crippen LogP contribution in [0.3, 0.4) is 0 Å². The van der Waals surface area contributed by atoms with Crippen LogP contribution in [-0.2, 0) is 15.0 Å². The van der Waals surface area contributed by atoms with Gasteiger partial charge in [0, 0.05) is 38.8 Å². The highest BCUT2D eigenvalue weighted by Gasteiger charge is 2.69. The lowest BCUT2D eigenvalue weighted by atomic mass is 9.84. The number of benzene rings is 1. The van der Waals surface area contributed by atoms with Gasteiger partial charge in [0.1, 0.15) is 31.0 Å². The molecule has 0 aromatic heterocycles. The highest BCUT2D eigenvalue weighted by Crippen LogP contribution is 2.66. The van der Waals surface area contributed by atoms with Gasteiger partial charge in [-0.25, -0.2) is 23.5 Å². The van der Waals surface area contributed by atoms with Gasteiger partial charge in [0.15, 0.2) is 5.17 Å². The molecule has 33 heavy (non-hydrogen) atoms. The maximum atomic E-state index is 14.9. The van der Waals surface area contributed by atoms with Gasteiger partial charge in [-0.3, -0.25) is 4.79 Å². The zero-order valence-corrected chi connectivity index (χ0v) is 21.1. The number of fused-ring (bicyclic) bond motifs is 1. The van der Waals surface area contributed by atoms with Crippen LogP contribution in [0.25, 0.3) is 0 Å². The summed E-state index contributed by atoms with van der Waals surface area (Å²) in [5, 5.41) is 9.90. The number of hydrogen-bond acceptors (Lipinski definition) is 6. The number of aldehydes is 1. The Morgan fingerprint density at radius 1 is 1.42 bits per heavy atom. The van der Waals surface area contributed by atoms with Crippen molar-refractivity contribution >= 4 is 37.4 Å². The van der Waals surface area contributed by atoms with E-state index in [2.05, 4.69) is 24.6 Å². The van der Waals surface area contributed by atoms with Crippen molar-refractivity contribution in [3.8, 4) is 0 Å². The van der Waals surface area contributed by atoms with E-state index in [0.29, 0.717) is 19.3 Å². The fourth-order valence-corrected chi connectivity index (χ4v) is 6.46. The van der Waals surface area contributed by atoms with Crippen molar-refractivity contribution in [1.82, 2.24) is 4.90 Å². The van der Waals surface area contributed by atoms with Crippen LogP contribution in [0.5, 0.6) is 0 Å². The standard InChI is InChI=1S/C22H30F2N2O5SSi/c1-30-13-21-10-18(21)22(12-23,16-9-15(11-27)5-6-17(16)24)25-19(32-21)26(20(28)29)14-31-7-8-33(2,3)4/h5-6,9,11,18H,7-8,10,12-14H2,1-4H3,(H,28,29)/t18-,21-,22-/m1/s1. The normalized spacial score (nSPS) is 26.4. The van der Waals surface area contributed by atoms with Gasteiger partial charge < -0.3 is 14.6 Å². The molecule has 0 unspecified atom stereocenters. The lowest BCUT2D eigenvalue weighted by Crippen LogP contribution is -2.46. The molecule has 1 fully saturated rings. The molecule has 11 heteroatoms. The third-order valence-electron chi connectivity index (χ3n) is 6.05. The van der Waals surface area contributed by atoms with E-state index in [4.69, 9.17) is 9.47 Å². The molecule has 1 N–H and O–H groups in total. The summed E-state index contributed by atoms with van der Waals surface area (Å²) in [7, 11) is 0.135. The average molecular weight is 501 g/mol. The molecular formula is C22H30F2N2O5SSi. The minimum atomic E-state index is -1.66. The Hall–Kier alpha value is -1.82. The Kier molecular flexibility index (Phi) is 7.67. The maximum Gasteiger partial charge on any atom is 0.415 e. The fraction of sp³-hybridized carbons (Fsp3) is 0.591. The number of methoxy groups -OCH3 is 1. The van der Waals surface area contributed by atoms with Gasteiger partial charge in [-0.05, 0) is 30.7 Å². The first-order valence-corrected chi connectivity index (χ1v) is 15.2. The second kappa shape index (κ2) is 9.81. The quantitative estimate of drug-likeness (QED) is 0.219. The summed E-state index contributed by atoms with van der Waals surface area (Å²) >= 11 is 1.20. The van der Waals surface area contributed by atoms with Crippen LogP contribution < -0.4 is 0 Å². The van der Waals surface area contributed by atoms with Gasteiger partial charge in [-0.15, -0.1) is 0 Å². The molecule has 1 aliphatic carbocycles. The third-order valence-corrected chi connectivity index (χ3v) is 9.23. The SMILES string of the molecule is COC[C@]12C[C@H]1[C@@](CF)(c1cc(C=O)ccc1F)N=C(N(COCC[Si](C)(C)C)C(=O)O)S2. The molecule has 1 amide bonds. The summed E-state index contributed by atoms with van der Waals surface area (Å²) in [5.74, 6) is -1.11. The van der Waals surface area contributed by atoms with Crippen molar-refractivity contribution < 1.29 is 33.0 Å². The molecule has 1 aromatic carbocycles. The maximum absolute atomic E-state index is 14.9. The first-order valence-electron chi connectivity index (χ1n) is 10.7. The predicted octanol–water partition coefficient (Wildman–Crippen LogP) is 4.60. The zero-order valence-electron chi connectivity index (χ0n) is 19.3. The van der Waals surface area contributed by atoms with E-state index in [0.717, 1.165) is 17.0 Å². The van der Waals surface area contributed by atoms with E-state index in [-0.39, 0.29) is 29.6 Å². The van der Waals surface area contributed by atoms with E-state index in [9.17, 15) is 23.5 Å². The van der Waals surface area contributed by atoms with Crippen molar-refractivity contribution in [3.05, 3.63) is 35.1 Å². The first kappa shape index (κ1) is 25.8. The number of nitrogens with zero attached hydrogens (tertiary/aromatic N) is 2. The number of halogens is 2. The molecule has 1 saturated carbocycles. The Balaban J connectivity index is 2.01. The first-order chi connectivity index (χ1) is 15.5. The van der Waals surface area contributed by atoms with Crippen molar-refractivity contribution in [3.63, 3.8) is 0 Å². The zero-order chi connectivity index (χ0) is 24.4. The smallest absolute Gasteiger partial charge is 0.415 e. The molecule has 2 aliphatic rings. The van der Waals surface area contributed by atoms with Crippen LogP contribution in [0.4, 0.5) is 13.6 Å². The van der Waals surface area contributed by atoms with E-state index in [1.165, 1.54) is 31.0 Å². The number of thioether (sulfide) groups is 1. The number of alkyl halides is 1. The number of aliphatic imine (C=N–C) groups is 1. The predicted molar refractivity (Wildman–Crippen MR) is 126 cm³/mol. The summed E-state index contributed by atoms with van der Waals surface area (Å²) in [6.45, 7) is 5.87. The highest BCUT2D eigenvalue weighted by molar-refractivity contribution is 8.15. The van der Waals surface area contributed by atoms with E-state index in [1.807, 2.05) is 0 Å². The van der Waals surface area contributed by atoms with Gasteiger partial charge in [0.25, 0.3) is 0 Å². The number of hydrogen-bond donors (Lipinski definition) is 1. The molecule has 0 spiro atoms. The second-order valence-electron chi connectivity index (χ2n) is 9.72. The Morgan fingerprint density at radius 2 is 2.15 bits per heavy atom. The molecule has 1 heterocycles. The molecular weight excluding hydrogens is 470 g/mol. The van der Waals surface area contributed by atoms with Crippen molar-refractivity contribution in [2.45, 2.75) is 42.4 Å². The van der Waals surface area contributed by atoms with Crippen LogP contribution >= 0.6 is 11.8 Å². The number of carboxylic acid groups (broad SMARTS) is 1. The molecule has 7 nitrogen and oxygen atoms in total. The Labute approximate surface area is 197 Å². The largest absolute Gasteiger partial charge is 0.465 e. The fourth-order valence-electron chi connectivity index (χ4n) is 4.12. The van der Waals surface area contributed by atoms with Crippen LogP contribution in [0.1, 0.15) is 22.3 Å². The minimum absolute atomic E-state index is 0.0369. The van der Waals surface area contributed by atoms with Gasteiger partial charge in [-0.2, -0.15) is 0 Å². The average Bonchev–Trinajstić information content (AvgIpc) is 3.47. The second-order valence-corrected chi connectivity index (χ2v) is 16.7. The van der Waals surface area contributed by atoms with Gasteiger partial charge in [-0.1, -0.05) is 31.4 Å². The number of ether oxygens (including phenoxy) is 2. The molecule has 0 saturated heterocycles. The number of carbonyl (C=O) groups excluding carboxylic acids is 1. The summed E-state index contributed by atoms with van der Waals surface area (Å²) in [6.07, 6.45) is -0.268. The molecule has 0 bridgehead atoms. The van der Waals surface area contributed by atoms with Crippen LogP contribution in [0.2, 0.25) is 25.7 Å². The molecule has 3 rings (SSSR count). The minimum Gasteiger partial charge on any atom is -0.465 e. The van der Waals surface area contributed by atoms with E-state index in [1.54, 1.807) is 0 Å². The van der Waals surface area contributed by atoms with Gasteiger partial charge in [0.2, 0.25) is 0 Å². The number of amidine groups is 1. The van der Waals surface area contributed by atoms with Crippen molar-refractivity contribution in [2.24, 2.45) is 10.9 Å². The molecule has 1 aromatic rings. The Morgan fingerprint density at radius 3 is 2.73 bits per heavy atom. The molecule has 1 aliphatic heterocycles. The topological polar surface area (TPSA) is 88.4 Å². The summed E-state index contributed by atoms with van der Waals surface area (Å²) in [5.41, 5.74) is -1.52. The van der Waals surface area contributed by atoms with Crippen molar-refractivity contribution in [2.75, 3.05) is 33.7 Å². The van der Waals surface area contributed by atoms with E-state index >= 15 is 0 Å². The van der Waals surface area contributed by atoms with Crippen LogP contribution in [0, 0.1) is 11.7 Å². The summed E-state index contributed by atoms with van der Waals surface area (Å²) in [6, 6.07) is 4.58. The number of rotatable bonds is 10. The lowest BCUT2D eigenvalue weighted by molar-refractivity contribution is 0.0697. The summed E-state index contributed by atoms with van der Waals surface area (Å²) < 4.78 is 40.1. The van der Waals surface area contributed by atoms with Crippen LogP contribution in [0.15, 0.2) is 23.2 Å². The lowest BCUT2D eigenvalue weighted by Gasteiger charge is -2.37. The summed E-state index contributed by atoms with van der Waals surface area (Å²) in [4.78, 5) is 28.8. The third kappa shape index (κ3) is 5.31. The van der Waals surface area contributed by atoms with Crippen LogP contribution in [-0.4, -0.2) is 74.1 Å². The number of carbonyl (C=O) groups is 2. The van der Waals surface area contributed by atoms with Gasteiger partial charge in [0.05, 0.1) is 11.4 Å². The number of amides is 1. The molecule has 0 radical (unpaired) electrons. The molecule has 182 valence electrons. The highest BCUT2D eigenvalue weighted by atomic mass is 32.2. The van der Waals surface area contributed by atoms with E-state index < -0.39 is 42.9 Å².